The van der Waals surface area contributed by atoms with E-state index in [1.807, 2.05) is 12.3 Å². The highest BCUT2D eigenvalue weighted by atomic mass is 32.1. The number of thiocarbonyl (C=S) groups is 1. The van der Waals surface area contributed by atoms with Crippen LogP contribution in [0.5, 0.6) is 0 Å². The lowest BCUT2D eigenvalue weighted by Crippen LogP contribution is -2.40. The van der Waals surface area contributed by atoms with Crippen molar-refractivity contribution in [3.8, 4) is 5.69 Å². The summed E-state index contributed by atoms with van der Waals surface area (Å²) in [7, 11) is 0. The number of hydrogen-bond donors (Lipinski definition) is 1. The third-order valence-electron chi connectivity index (χ3n) is 6.22. The van der Waals surface area contributed by atoms with E-state index >= 15 is 0 Å². The van der Waals surface area contributed by atoms with Crippen LogP contribution in [0.2, 0.25) is 0 Å². The Kier molecular flexibility index (Phi) is 5.06. The van der Waals surface area contributed by atoms with Crippen molar-refractivity contribution in [2.24, 2.45) is 0 Å². The second-order valence-electron chi connectivity index (χ2n) is 8.01. The summed E-state index contributed by atoms with van der Waals surface area (Å²) in [6.45, 7) is 0. The molecule has 5 rings (SSSR count). The van der Waals surface area contributed by atoms with E-state index in [0.717, 1.165) is 10.8 Å². The van der Waals surface area contributed by atoms with Gasteiger partial charge in [0, 0.05) is 30.3 Å². The average molecular weight is 403 g/mol. The van der Waals surface area contributed by atoms with Crippen LogP contribution in [0.1, 0.15) is 55.4 Å². The van der Waals surface area contributed by atoms with E-state index < -0.39 is 0 Å². The maximum atomic E-state index is 5.86. The van der Waals surface area contributed by atoms with Gasteiger partial charge in [-0.15, -0.1) is 0 Å². The van der Waals surface area contributed by atoms with E-state index in [-0.39, 0.29) is 12.1 Å². The van der Waals surface area contributed by atoms with Crippen LogP contribution in [-0.2, 0) is 0 Å². The first-order valence-electron chi connectivity index (χ1n) is 10.5. The standard InChI is InChI=1S/C24H26N4S/c29-24-26-22(21-13-7-8-15-25-21)23(28(24)20-11-5-2-6-12-20)18-14-16-27(17-18)19-9-3-1-4-10-19/h1,3-4,7-10,13-17,20,22-23H,2,5-6,11-12H2,(H,26,29)/t22-,23-/m1/s1. The normalized spacial score (nSPS) is 22.6. The molecule has 0 radical (unpaired) electrons. The summed E-state index contributed by atoms with van der Waals surface area (Å²) in [6, 6.07) is 19.6. The molecule has 1 aromatic carbocycles. The van der Waals surface area contributed by atoms with Gasteiger partial charge in [-0.25, -0.2) is 0 Å². The summed E-state index contributed by atoms with van der Waals surface area (Å²) < 4.78 is 2.20. The van der Waals surface area contributed by atoms with E-state index in [9.17, 15) is 0 Å². The number of para-hydroxylation sites is 1. The predicted octanol–water partition coefficient (Wildman–Crippen LogP) is 5.18. The van der Waals surface area contributed by atoms with Gasteiger partial charge in [-0.1, -0.05) is 43.5 Å². The van der Waals surface area contributed by atoms with Crippen LogP contribution in [0.25, 0.3) is 5.69 Å². The summed E-state index contributed by atoms with van der Waals surface area (Å²) in [4.78, 5) is 7.13. The van der Waals surface area contributed by atoms with Crippen LogP contribution in [0.15, 0.2) is 73.2 Å². The predicted molar refractivity (Wildman–Crippen MR) is 120 cm³/mol. The minimum atomic E-state index is 0.0669. The molecule has 2 aromatic heterocycles. The highest BCUT2D eigenvalue weighted by Crippen LogP contribution is 2.42. The van der Waals surface area contributed by atoms with Crippen molar-refractivity contribution in [2.45, 2.75) is 50.2 Å². The lowest BCUT2D eigenvalue weighted by Gasteiger charge is -2.36. The summed E-state index contributed by atoms with van der Waals surface area (Å²) >= 11 is 5.86. The molecule has 1 saturated carbocycles. The highest BCUT2D eigenvalue weighted by molar-refractivity contribution is 7.80. The Labute approximate surface area is 177 Å². The van der Waals surface area contributed by atoms with Gasteiger partial charge in [-0.05, 0) is 61.0 Å². The third-order valence-corrected chi connectivity index (χ3v) is 6.54. The quantitative estimate of drug-likeness (QED) is 0.610. The van der Waals surface area contributed by atoms with Crippen molar-refractivity contribution >= 4 is 17.3 Å². The minimum absolute atomic E-state index is 0.0669. The van der Waals surface area contributed by atoms with Gasteiger partial charge in [-0.3, -0.25) is 4.98 Å². The van der Waals surface area contributed by atoms with Crippen LogP contribution in [0.4, 0.5) is 0 Å². The fraction of sp³-hybridized carbons (Fsp3) is 0.333. The first-order chi connectivity index (χ1) is 14.3. The number of rotatable bonds is 4. The summed E-state index contributed by atoms with van der Waals surface area (Å²) in [5.41, 5.74) is 3.50. The first kappa shape index (κ1) is 18.4. The molecule has 3 heterocycles. The Hall–Kier alpha value is -2.66. The maximum absolute atomic E-state index is 5.86. The van der Waals surface area contributed by atoms with Gasteiger partial charge >= 0.3 is 0 Å². The molecule has 0 unspecified atom stereocenters. The van der Waals surface area contributed by atoms with E-state index in [4.69, 9.17) is 12.2 Å². The lowest BCUT2D eigenvalue weighted by molar-refractivity contribution is 0.197. The summed E-state index contributed by atoms with van der Waals surface area (Å²) in [6.07, 6.45) is 12.6. The number of benzene rings is 1. The summed E-state index contributed by atoms with van der Waals surface area (Å²) in [5, 5.41) is 4.47. The van der Waals surface area contributed by atoms with Crippen LogP contribution in [0.3, 0.4) is 0 Å². The Morgan fingerprint density at radius 2 is 1.72 bits per heavy atom. The summed E-state index contributed by atoms with van der Waals surface area (Å²) in [5.74, 6) is 0. The zero-order valence-corrected chi connectivity index (χ0v) is 17.3. The van der Waals surface area contributed by atoms with Crippen molar-refractivity contribution in [1.29, 1.82) is 0 Å². The van der Waals surface area contributed by atoms with Gasteiger partial charge in [0.25, 0.3) is 0 Å². The Balaban J connectivity index is 1.54. The molecule has 2 fully saturated rings. The second-order valence-corrected chi connectivity index (χ2v) is 8.40. The fourth-order valence-corrected chi connectivity index (χ4v) is 5.21. The molecule has 5 heteroatoms. The molecule has 0 spiro atoms. The fourth-order valence-electron chi connectivity index (χ4n) is 4.82. The van der Waals surface area contributed by atoms with E-state index in [1.54, 1.807) is 0 Å². The Morgan fingerprint density at radius 1 is 0.931 bits per heavy atom. The molecule has 2 atom stereocenters. The molecule has 1 saturated heterocycles. The Morgan fingerprint density at radius 3 is 2.48 bits per heavy atom. The molecular weight excluding hydrogens is 376 g/mol. The largest absolute Gasteiger partial charge is 0.352 e. The monoisotopic (exact) mass is 402 g/mol. The topological polar surface area (TPSA) is 33.1 Å². The molecule has 1 aliphatic heterocycles. The highest BCUT2D eigenvalue weighted by Gasteiger charge is 2.43. The van der Waals surface area contributed by atoms with Gasteiger partial charge in [0.1, 0.15) is 0 Å². The van der Waals surface area contributed by atoms with Gasteiger partial charge in [-0.2, -0.15) is 0 Å². The Bertz CT molecular complexity index is 963. The first-order valence-corrected chi connectivity index (χ1v) is 11.0. The van der Waals surface area contributed by atoms with Crippen molar-refractivity contribution in [3.63, 3.8) is 0 Å². The van der Waals surface area contributed by atoms with E-state index in [2.05, 4.69) is 80.7 Å². The van der Waals surface area contributed by atoms with Crippen LogP contribution in [-0.4, -0.2) is 25.6 Å². The van der Waals surface area contributed by atoms with Crippen molar-refractivity contribution in [3.05, 3.63) is 84.4 Å². The van der Waals surface area contributed by atoms with Crippen molar-refractivity contribution in [2.75, 3.05) is 0 Å². The smallest absolute Gasteiger partial charge is 0.170 e. The average Bonchev–Trinajstić information content (AvgIpc) is 3.40. The zero-order chi connectivity index (χ0) is 19.6. The van der Waals surface area contributed by atoms with E-state index in [0.29, 0.717) is 6.04 Å². The molecular formula is C24H26N4S. The molecule has 0 amide bonds. The van der Waals surface area contributed by atoms with Crippen LogP contribution < -0.4 is 5.32 Å². The van der Waals surface area contributed by atoms with Gasteiger partial charge in [0.05, 0.1) is 17.8 Å². The molecule has 1 N–H and O–H groups in total. The molecule has 148 valence electrons. The van der Waals surface area contributed by atoms with Crippen molar-refractivity contribution in [1.82, 2.24) is 19.8 Å². The molecule has 0 bridgehead atoms. The molecule has 1 aliphatic carbocycles. The molecule has 3 aromatic rings. The van der Waals surface area contributed by atoms with Gasteiger partial charge < -0.3 is 14.8 Å². The number of hydrogen-bond acceptors (Lipinski definition) is 2. The van der Waals surface area contributed by atoms with Crippen LogP contribution in [0, 0.1) is 0 Å². The number of aromatic nitrogens is 2. The SMILES string of the molecule is S=C1N[C@H](c2ccccn2)[C@@H](c2ccn(-c3ccccc3)c2)N1C1CCCCC1. The number of pyridine rings is 1. The molecule has 4 nitrogen and oxygen atoms in total. The zero-order valence-electron chi connectivity index (χ0n) is 16.4. The lowest BCUT2D eigenvalue weighted by atomic mass is 9.91. The van der Waals surface area contributed by atoms with Gasteiger partial charge in [0.2, 0.25) is 0 Å². The van der Waals surface area contributed by atoms with Crippen molar-refractivity contribution < 1.29 is 0 Å². The van der Waals surface area contributed by atoms with E-state index in [1.165, 1.54) is 43.4 Å². The van der Waals surface area contributed by atoms with Gasteiger partial charge in [0.15, 0.2) is 5.11 Å². The molecule has 2 aliphatic rings. The second kappa shape index (κ2) is 7.99. The maximum Gasteiger partial charge on any atom is 0.170 e. The number of nitrogens with zero attached hydrogens (tertiary/aromatic N) is 3. The minimum Gasteiger partial charge on any atom is -0.352 e. The third kappa shape index (κ3) is 3.55. The number of nitrogens with one attached hydrogen (secondary N) is 1. The van der Waals surface area contributed by atoms with Crippen LogP contribution >= 0.6 is 12.2 Å². The molecule has 29 heavy (non-hydrogen) atoms.